The minimum absolute atomic E-state index is 0.412. The Morgan fingerprint density at radius 3 is 3.29 bits per heavy atom. The molecule has 1 aliphatic heterocycles. The maximum Gasteiger partial charge on any atom is 0.182 e. The van der Waals surface area contributed by atoms with Gasteiger partial charge in [-0.3, -0.25) is 4.68 Å². The second-order valence-electron chi connectivity index (χ2n) is 3.00. The minimum Gasteiger partial charge on any atom is -0.486 e. The van der Waals surface area contributed by atoms with E-state index >= 15 is 0 Å². The fourth-order valence-electron chi connectivity index (χ4n) is 1.60. The van der Waals surface area contributed by atoms with Crippen molar-refractivity contribution in [3.05, 3.63) is 15.1 Å². The molecular formula is C8H5ClIN3O. The van der Waals surface area contributed by atoms with Crippen molar-refractivity contribution in [2.24, 2.45) is 0 Å². The van der Waals surface area contributed by atoms with Crippen molar-refractivity contribution >= 4 is 45.1 Å². The number of rotatable bonds is 0. The number of aromatic nitrogens is 3. The van der Waals surface area contributed by atoms with Crippen molar-refractivity contribution < 1.29 is 4.74 Å². The summed E-state index contributed by atoms with van der Waals surface area (Å²) in [5.41, 5.74) is 0.959. The summed E-state index contributed by atoms with van der Waals surface area (Å²) in [5.74, 6) is 0.658. The Bertz CT molecular complexity index is 525. The highest BCUT2D eigenvalue weighted by Gasteiger charge is 2.20. The normalized spacial score (nSPS) is 14.4. The molecule has 0 atom stereocenters. The lowest BCUT2D eigenvalue weighted by molar-refractivity contribution is 0.277. The lowest BCUT2D eigenvalue weighted by Gasteiger charge is -2.15. The molecule has 0 amide bonds. The second-order valence-corrected chi connectivity index (χ2v) is 4.38. The van der Waals surface area contributed by atoms with Crippen LogP contribution in [0.4, 0.5) is 0 Å². The average molecular weight is 322 g/mol. The van der Waals surface area contributed by atoms with Crippen molar-refractivity contribution in [2.75, 3.05) is 6.61 Å². The van der Waals surface area contributed by atoms with Gasteiger partial charge in [0, 0.05) is 6.20 Å². The van der Waals surface area contributed by atoms with Gasteiger partial charge in [-0.2, -0.15) is 5.10 Å². The van der Waals surface area contributed by atoms with Crippen LogP contribution >= 0.6 is 34.2 Å². The third-order valence-corrected chi connectivity index (χ3v) is 3.27. The van der Waals surface area contributed by atoms with E-state index in [1.165, 1.54) is 0 Å². The number of nitrogens with zero attached hydrogens (tertiary/aromatic N) is 3. The molecule has 0 spiro atoms. The molecule has 0 aliphatic carbocycles. The van der Waals surface area contributed by atoms with E-state index in [2.05, 4.69) is 32.7 Å². The maximum absolute atomic E-state index is 5.94. The van der Waals surface area contributed by atoms with E-state index in [1.54, 1.807) is 6.20 Å². The molecule has 3 heterocycles. The Morgan fingerprint density at radius 2 is 2.43 bits per heavy atom. The molecule has 0 unspecified atom stereocenters. The molecule has 14 heavy (non-hydrogen) atoms. The van der Waals surface area contributed by atoms with E-state index in [4.69, 9.17) is 16.3 Å². The summed E-state index contributed by atoms with van der Waals surface area (Å²) >= 11 is 8.13. The van der Waals surface area contributed by atoms with Crippen molar-refractivity contribution in [1.29, 1.82) is 0 Å². The smallest absolute Gasteiger partial charge is 0.182 e. The number of halogens is 2. The molecule has 4 nitrogen and oxygen atoms in total. The van der Waals surface area contributed by atoms with Crippen LogP contribution in [0.15, 0.2) is 6.20 Å². The van der Waals surface area contributed by atoms with Gasteiger partial charge < -0.3 is 4.74 Å². The van der Waals surface area contributed by atoms with Crippen LogP contribution in [0.25, 0.3) is 10.9 Å². The van der Waals surface area contributed by atoms with Gasteiger partial charge in [0.1, 0.15) is 15.8 Å². The third-order valence-electron chi connectivity index (χ3n) is 2.20. The first-order valence-corrected chi connectivity index (χ1v) is 5.56. The quantitative estimate of drug-likeness (QED) is 0.551. The first-order chi connectivity index (χ1) is 6.77. The van der Waals surface area contributed by atoms with Crippen LogP contribution in [0, 0.1) is 3.70 Å². The summed E-state index contributed by atoms with van der Waals surface area (Å²) in [6.45, 7) is 1.37. The lowest BCUT2D eigenvalue weighted by atomic mass is 10.3. The van der Waals surface area contributed by atoms with E-state index in [1.807, 2.05) is 4.68 Å². The Labute approximate surface area is 98.3 Å². The molecule has 0 radical (unpaired) electrons. The zero-order valence-electron chi connectivity index (χ0n) is 7.00. The molecule has 6 heteroatoms. The van der Waals surface area contributed by atoms with Gasteiger partial charge in [-0.05, 0) is 22.6 Å². The summed E-state index contributed by atoms with van der Waals surface area (Å²) in [5, 5.41) is 5.80. The van der Waals surface area contributed by atoms with Gasteiger partial charge in [-0.15, -0.1) is 0 Å². The van der Waals surface area contributed by atoms with Gasteiger partial charge in [0.05, 0.1) is 11.9 Å². The molecule has 0 N–H and O–H groups in total. The standard InChI is InChI=1S/C8H5ClIN3O/c9-7-6-5-4(3-11-7)8(10)12-13(5)1-2-14-6/h3H,1-2H2. The maximum atomic E-state index is 5.94. The zero-order valence-corrected chi connectivity index (χ0v) is 9.91. The molecule has 2 aromatic heterocycles. The fraction of sp³-hybridized carbons (Fsp3) is 0.250. The molecule has 72 valence electrons. The third kappa shape index (κ3) is 1.05. The van der Waals surface area contributed by atoms with Crippen LogP contribution in [0.3, 0.4) is 0 Å². The van der Waals surface area contributed by atoms with Crippen LogP contribution in [0.5, 0.6) is 5.75 Å². The van der Waals surface area contributed by atoms with Gasteiger partial charge >= 0.3 is 0 Å². The topological polar surface area (TPSA) is 39.9 Å². The Balaban J connectivity index is 2.51. The predicted molar refractivity (Wildman–Crippen MR) is 60.8 cm³/mol. The van der Waals surface area contributed by atoms with Crippen molar-refractivity contribution in [2.45, 2.75) is 6.54 Å². The molecule has 3 rings (SSSR count). The van der Waals surface area contributed by atoms with E-state index in [-0.39, 0.29) is 0 Å². The molecule has 0 saturated carbocycles. The molecule has 0 bridgehead atoms. The first-order valence-electron chi connectivity index (χ1n) is 4.10. The molecular weight excluding hydrogens is 316 g/mol. The van der Waals surface area contributed by atoms with Gasteiger partial charge in [-0.25, -0.2) is 4.98 Å². The monoisotopic (exact) mass is 321 g/mol. The van der Waals surface area contributed by atoms with Crippen LogP contribution in [0.2, 0.25) is 5.15 Å². The van der Waals surface area contributed by atoms with Gasteiger partial charge in [0.2, 0.25) is 0 Å². The first kappa shape index (κ1) is 8.72. The predicted octanol–water partition coefficient (Wildman–Crippen LogP) is 2.08. The molecule has 2 aromatic rings. The van der Waals surface area contributed by atoms with Crippen molar-refractivity contribution in [3.63, 3.8) is 0 Å². The van der Waals surface area contributed by atoms with Gasteiger partial charge in [0.25, 0.3) is 0 Å². The van der Waals surface area contributed by atoms with E-state index in [0.717, 1.165) is 21.1 Å². The summed E-state index contributed by atoms with van der Waals surface area (Å²) in [6, 6.07) is 0. The highest BCUT2D eigenvalue weighted by Crippen LogP contribution is 2.35. The number of ether oxygens (including phenoxy) is 1. The SMILES string of the molecule is Clc1ncc2c(I)nn3c2c1OCC3. The number of pyridine rings is 1. The zero-order chi connectivity index (χ0) is 9.71. The lowest BCUT2D eigenvalue weighted by Crippen LogP contribution is -2.15. The number of hydrogen-bond acceptors (Lipinski definition) is 3. The number of hydrogen-bond donors (Lipinski definition) is 0. The van der Waals surface area contributed by atoms with E-state index in [9.17, 15) is 0 Å². The van der Waals surface area contributed by atoms with Gasteiger partial charge in [-0.1, -0.05) is 11.6 Å². The largest absolute Gasteiger partial charge is 0.486 e. The molecule has 0 saturated heterocycles. The van der Waals surface area contributed by atoms with E-state index < -0.39 is 0 Å². The fourth-order valence-corrected chi connectivity index (χ4v) is 2.45. The summed E-state index contributed by atoms with van der Waals surface area (Å²) in [4.78, 5) is 4.07. The Morgan fingerprint density at radius 1 is 1.57 bits per heavy atom. The summed E-state index contributed by atoms with van der Waals surface area (Å²) in [7, 11) is 0. The Kier molecular flexibility index (Phi) is 1.85. The molecule has 0 aromatic carbocycles. The van der Waals surface area contributed by atoms with Crippen molar-refractivity contribution in [1.82, 2.24) is 14.8 Å². The Hall–Kier alpha value is -0.560. The van der Waals surface area contributed by atoms with Crippen LogP contribution in [-0.2, 0) is 6.54 Å². The van der Waals surface area contributed by atoms with E-state index in [0.29, 0.717) is 17.5 Å². The van der Waals surface area contributed by atoms with Crippen LogP contribution in [0.1, 0.15) is 0 Å². The van der Waals surface area contributed by atoms with Gasteiger partial charge in [0.15, 0.2) is 10.9 Å². The highest BCUT2D eigenvalue weighted by molar-refractivity contribution is 14.1. The summed E-state index contributed by atoms with van der Waals surface area (Å²) < 4.78 is 8.34. The van der Waals surface area contributed by atoms with Crippen LogP contribution in [-0.4, -0.2) is 21.4 Å². The minimum atomic E-state index is 0.412. The second kappa shape index (κ2) is 2.96. The molecule has 0 fully saturated rings. The van der Waals surface area contributed by atoms with Crippen molar-refractivity contribution in [3.8, 4) is 5.75 Å². The average Bonchev–Trinajstić information content (AvgIpc) is 2.50. The summed E-state index contributed by atoms with van der Waals surface area (Å²) in [6.07, 6.45) is 1.74. The van der Waals surface area contributed by atoms with Crippen LogP contribution < -0.4 is 4.74 Å². The highest BCUT2D eigenvalue weighted by atomic mass is 127. The molecule has 1 aliphatic rings.